The SMILES string of the molecule is COc1cc(Br)c(S(=O)(=O)Nc2cc(F)ccc2C)cc1OC. The van der Waals surface area contributed by atoms with Crippen molar-refractivity contribution in [2.75, 3.05) is 18.9 Å². The van der Waals surface area contributed by atoms with E-state index in [1.54, 1.807) is 6.92 Å². The third-order valence-electron chi connectivity index (χ3n) is 3.17. The van der Waals surface area contributed by atoms with Gasteiger partial charge in [-0.2, -0.15) is 0 Å². The molecule has 5 nitrogen and oxygen atoms in total. The zero-order chi connectivity index (χ0) is 17.2. The molecule has 0 saturated carbocycles. The van der Waals surface area contributed by atoms with Gasteiger partial charge in [-0.15, -0.1) is 0 Å². The predicted molar refractivity (Wildman–Crippen MR) is 89.2 cm³/mol. The van der Waals surface area contributed by atoms with Crippen molar-refractivity contribution in [3.8, 4) is 11.5 Å². The first kappa shape index (κ1) is 17.6. The number of aryl methyl sites for hydroxylation is 1. The zero-order valence-electron chi connectivity index (χ0n) is 12.7. The molecule has 0 aliphatic heterocycles. The third kappa shape index (κ3) is 3.76. The van der Waals surface area contributed by atoms with Crippen molar-refractivity contribution in [3.63, 3.8) is 0 Å². The lowest BCUT2D eigenvalue weighted by Gasteiger charge is -2.14. The second-order valence-corrected chi connectivity index (χ2v) is 7.21. The van der Waals surface area contributed by atoms with Crippen LogP contribution in [0.25, 0.3) is 0 Å². The minimum Gasteiger partial charge on any atom is -0.493 e. The van der Waals surface area contributed by atoms with Gasteiger partial charge in [0.05, 0.1) is 19.9 Å². The molecule has 23 heavy (non-hydrogen) atoms. The van der Waals surface area contributed by atoms with E-state index < -0.39 is 15.8 Å². The van der Waals surface area contributed by atoms with Crippen LogP contribution >= 0.6 is 15.9 Å². The normalized spacial score (nSPS) is 11.2. The second-order valence-electron chi connectivity index (χ2n) is 4.70. The van der Waals surface area contributed by atoms with E-state index in [4.69, 9.17) is 9.47 Å². The summed E-state index contributed by atoms with van der Waals surface area (Å²) in [5, 5.41) is 0. The van der Waals surface area contributed by atoms with Crippen molar-refractivity contribution in [1.82, 2.24) is 0 Å². The summed E-state index contributed by atoms with van der Waals surface area (Å²) < 4.78 is 51.5. The fourth-order valence-electron chi connectivity index (χ4n) is 1.95. The van der Waals surface area contributed by atoms with Crippen molar-refractivity contribution in [2.45, 2.75) is 11.8 Å². The van der Waals surface area contributed by atoms with Crippen molar-refractivity contribution in [1.29, 1.82) is 0 Å². The Balaban J connectivity index is 2.49. The van der Waals surface area contributed by atoms with E-state index >= 15 is 0 Å². The third-order valence-corrected chi connectivity index (χ3v) is 5.50. The summed E-state index contributed by atoms with van der Waals surface area (Å²) in [5.41, 5.74) is 0.776. The Morgan fingerprint density at radius 2 is 1.70 bits per heavy atom. The fourth-order valence-corrected chi connectivity index (χ4v) is 4.10. The van der Waals surface area contributed by atoms with E-state index in [2.05, 4.69) is 20.7 Å². The molecule has 124 valence electrons. The minimum absolute atomic E-state index is 0.0428. The van der Waals surface area contributed by atoms with Crippen LogP contribution in [0.2, 0.25) is 0 Å². The predicted octanol–water partition coefficient (Wildman–Crippen LogP) is 3.71. The number of ether oxygens (including phenoxy) is 2. The van der Waals surface area contributed by atoms with E-state index in [1.165, 1.54) is 38.5 Å². The van der Waals surface area contributed by atoms with Gasteiger partial charge in [0.15, 0.2) is 11.5 Å². The molecule has 1 N–H and O–H groups in total. The molecule has 2 rings (SSSR count). The highest BCUT2D eigenvalue weighted by Gasteiger charge is 2.22. The minimum atomic E-state index is -3.94. The summed E-state index contributed by atoms with van der Waals surface area (Å²) in [6.07, 6.45) is 0. The molecule has 0 unspecified atom stereocenters. The van der Waals surface area contributed by atoms with Crippen LogP contribution in [0.5, 0.6) is 11.5 Å². The summed E-state index contributed by atoms with van der Waals surface area (Å²) in [6.45, 7) is 1.68. The van der Waals surface area contributed by atoms with Crippen molar-refractivity contribution >= 4 is 31.6 Å². The van der Waals surface area contributed by atoms with Crippen LogP contribution in [0.3, 0.4) is 0 Å². The molecule has 0 fully saturated rings. The van der Waals surface area contributed by atoms with E-state index in [9.17, 15) is 12.8 Å². The van der Waals surface area contributed by atoms with Gasteiger partial charge in [-0.05, 0) is 46.6 Å². The molecular formula is C15H15BrFNO4S. The number of rotatable bonds is 5. The van der Waals surface area contributed by atoms with Crippen LogP contribution in [0, 0.1) is 12.7 Å². The van der Waals surface area contributed by atoms with Crippen LogP contribution in [0.15, 0.2) is 39.7 Å². The van der Waals surface area contributed by atoms with Crippen LogP contribution in [-0.4, -0.2) is 22.6 Å². The van der Waals surface area contributed by atoms with Crippen molar-refractivity contribution < 1.29 is 22.3 Å². The molecule has 0 bridgehead atoms. The first-order chi connectivity index (χ1) is 10.8. The topological polar surface area (TPSA) is 64.6 Å². The van der Waals surface area contributed by atoms with Crippen LogP contribution < -0.4 is 14.2 Å². The van der Waals surface area contributed by atoms with E-state index in [0.717, 1.165) is 6.07 Å². The summed E-state index contributed by atoms with van der Waals surface area (Å²) in [6, 6.07) is 6.71. The maximum absolute atomic E-state index is 13.3. The Bertz CT molecular complexity index is 840. The highest BCUT2D eigenvalue weighted by molar-refractivity contribution is 9.10. The van der Waals surface area contributed by atoms with E-state index in [0.29, 0.717) is 15.8 Å². The Kier molecular flexibility index (Phi) is 5.16. The van der Waals surface area contributed by atoms with E-state index in [-0.39, 0.29) is 16.3 Å². The number of anilines is 1. The van der Waals surface area contributed by atoms with E-state index in [1.807, 2.05) is 0 Å². The summed E-state index contributed by atoms with van der Waals surface area (Å²) in [5.74, 6) is 0.131. The number of nitrogens with one attached hydrogen (secondary N) is 1. The van der Waals surface area contributed by atoms with Gasteiger partial charge in [0.25, 0.3) is 10.0 Å². The van der Waals surface area contributed by atoms with Crippen molar-refractivity contribution in [3.05, 3.63) is 46.2 Å². The molecule has 2 aromatic rings. The smallest absolute Gasteiger partial charge is 0.263 e. The standard InChI is InChI=1S/C15H15BrFNO4S/c1-9-4-5-10(17)6-12(9)18-23(19,20)15-8-14(22-3)13(21-2)7-11(15)16/h4-8,18H,1-3H3. The first-order valence-electron chi connectivity index (χ1n) is 6.49. The fraction of sp³-hybridized carbons (Fsp3) is 0.200. The number of halogens is 2. The molecule has 0 aliphatic carbocycles. The van der Waals surface area contributed by atoms with Gasteiger partial charge in [-0.3, -0.25) is 4.72 Å². The average Bonchev–Trinajstić information content (AvgIpc) is 2.50. The van der Waals surface area contributed by atoms with Crippen LogP contribution in [-0.2, 0) is 10.0 Å². The monoisotopic (exact) mass is 403 g/mol. The zero-order valence-corrected chi connectivity index (χ0v) is 15.1. The summed E-state index contributed by atoms with van der Waals surface area (Å²) >= 11 is 3.20. The maximum atomic E-state index is 13.3. The summed E-state index contributed by atoms with van der Waals surface area (Å²) in [7, 11) is -1.08. The Labute approximate surface area is 142 Å². The number of sulfonamides is 1. The van der Waals surface area contributed by atoms with Gasteiger partial charge < -0.3 is 9.47 Å². The molecule has 0 spiro atoms. The highest BCUT2D eigenvalue weighted by atomic mass is 79.9. The molecule has 2 aromatic carbocycles. The Morgan fingerprint density at radius 3 is 2.30 bits per heavy atom. The van der Waals surface area contributed by atoms with Crippen LogP contribution in [0.4, 0.5) is 10.1 Å². The molecule has 0 atom stereocenters. The lowest BCUT2D eigenvalue weighted by molar-refractivity contribution is 0.353. The first-order valence-corrected chi connectivity index (χ1v) is 8.76. The van der Waals surface area contributed by atoms with Crippen molar-refractivity contribution in [2.24, 2.45) is 0 Å². The van der Waals surface area contributed by atoms with Gasteiger partial charge in [0.1, 0.15) is 10.7 Å². The van der Waals surface area contributed by atoms with Gasteiger partial charge >= 0.3 is 0 Å². The number of hydrogen-bond donors (Lipinski definition) is 1. The van der Waals surface area contributed by atoms with Crippen LogP contribution in [0.1, 0.15) is 5.56 Å². The lowest BCUT2D eigenvalue weighted by Crippen LogP contribution is -2.15. The van der Waals surface area contributed by atoms with Gasteiger partial charge in [-0.1, -0.05) is 6.07 Å². The quantitative estimate of drug-likeness (QED) is 0.825. The second kappa shape index (κ2) is 6.76. The molecule has 0 heterocycles. The molecule has 8 heteroatoms. The number of methoxy groups -OCH3 is 2. The lowest BCUT2D eigenvalue weighted by atomic mass is 10.2. The Morgan fingerprint density at radius 1 is 1.09 bits per heavy atom. The largest absolute Gasteiger partial charge is 0.493 e. The van der Waals surface area contributed by atoms with Gasteiger partial charge in [0, 0.05) is 10.5 Å². The van der Waals surface area contributed by atoms with Gasteiger partial charge in [-0.25, -0.2) is 12.8 Å². The molecule has 0 aliphatic rings. The molecule has 0 amide bonds. The Hall–Kier alpha value is -1.80. The number of benzene rings is 2. The average molecular weight is 404 g/mol. The molecule has 0 saturated heterocycles. The van der Waals surface area contributed by atoms with Gasteiger partial charge in [0.2, 0.25) is 0 Å². The molecule has 0 radical (unpaired) electrons. The maximum Gasteiger partial charge on any atom is 0.263 e. The summed E-state index contributed by atoms with van der Waals surface area (Å²) in [4.78, 5) is -0.0428. The highest BCUT2D eigenvalue weighted by Crippen LogP contribution is 2.36. The molecular weight excluding hydrogens is 389 g/mol. The molecule has 0 aromatic heterocycles. The number of hydrogen-bond acceptors (Lipinski definition) is 4.